The predicted molar refractivity (Wildman–Crippen MR) is 156 cm³/mol. The van der Waals surface area contributed by atoms with Crippen molar-refractivity contribution < 1.29 is 22.8 Å². The van der Waals surface area contributed by atoms with Crippen LogP contribution in [0.2, 0.25) is 0 Å². The molecule has 4 unspecified atom stereocenters. The van der Waals surface area contributed by atoms with Crippen LogP contribution in [0.1, 0.15) is 48.7 Å². The van der Waals surface area contributed by atoms with E-state index in [1.807, 2.05) is 19.1 Å². The van der Waals surface area contributed by atoms with Gasteiger partial charge in [-0.1, -0.05) is 37.3 Å². The number of aryl methyl sites for hydroxylation is 1. The number of imidazole rings is 1. The summed E-state index contributed by atoms with van der Waals surface area (Å²) in [5, 5.41) is 5.51. The second-order valence-electron chi connectivity index (χ2n) is 10.5. The van der Waals surface area contributed by atoms with Crippen molar-refractivity contribution in [3.05, 3.63) is 101 Å². The molecule has 0 spiro atoms. The van der Waals surface area contributed by atoms with E-state index >= 15 is 0 Å². The number of aromatic nitrogens is 3. The fourth-order valence-electron chi connectivity index (χ4n) is 5.13. The average molecular weight is 597 g/mol. The zero-order chi connectivity index (χ0) is 31.5. The van der Waals surface area contributed by atoms with Crippen molar-refractivity contribution in [1.29, 1.82) is 0 Å². The van der Waals surface area contributed by atoms with E-state index in [1.54, 1.807) is 60.3 Å². The van der Waals surface area contributed by atoms with E-state index in [2.05, 4.69) is 15.6 Å². The molecular weight excluding hydrogens is 561 g/mol. The highest BCUT2D eigenvalue weighted by Crippen LogP contribution is 2.39. The van der Waals surface area contributed by atoms with Crippen molar-refractivity contribution in [3.8, 4) is 0 Å². The van der Waals surface area contributed by atoms with Crippen LogP contribution in [0, 0.1) is 12.8 Å². The Kier molecular flexibility index (Phi) is 9.24. The summed E-state index contributed by atoms with van der Waals surface area (Å²) in [5.74, 6) is -0.725. The highest BCUT2D eigenvalue weighted by molar-refractivity contribution is 6.14. The maximum absolute atomic E-state index is 13.3. The largest absolute Gasteiger partial charge is 0.416 e. The molecule has 43 heavy (non-hydrogen) atoms. The summed E-state index contributed by atoms with van der Waals surface area (Å²) in [6, 6.07) is 2.75. The molecule has 6 N–H and O–H groups in total. The van der Waals surface area contributed by atoms with Crippen LogP contribution in [0.4, 0.5) is 13.2 Å². The lowest BCUT2D eigenvalue weighted by molar-refractivity contribution is -0.118. The maximum atomic E-state index is 13.3. The third-order valence-corrected chi connectivity index (χ3v) is 7.26. The molecule has 1 aliphatic heterocycles. The molecule has 4 atom stereocenters. The minimum absolute atomic E-state index is 0.215. The molecule has 13 heteroatoms. The molecule has 4 rings (SSSR count). The molecule has 2 aliphatic rings. The summed E-state index contributed by atoms with van der Waals surface area (Å²) in [5.41, 5.74) is 13.6. The van der Waals surface area contributed by atoms with E-state index in [4.69, 9.17) is 16.5 Å². The third kappa shape index (κ3) is 6.88. The predicted octanol–water partition coefficient (Wildman–Crippen LogP) is 3.29. The van der Waals surface area contributed by atoms with Gasteiger partial charge < -0.3 is 27.0 Å². The summed E-state index contributed by atoms with van der Waals surface area (Å²) < 4.78 is 41.4. The van der Waals surface area contributed by atoms with E-state index in [9.17, 15) is 22.8 Å². The van der Waals surface area contributed by atoms with Crippen LogP contribution >= 0.6 is 0 Å². The Morgan fingerprint density at radius 3 is 2.63 bits per heavy atom. The minimum Gasteiger partial charge on any atom is -0.405 e. The summed E-state index contributed by atoms with van der Waals surface area (Å²) >= 11 is 0. The lowest BCUT2D eigenvalue weighted by Crippen LogP contribution is -2.38. The van der Waals surface area contributed by atoms with Crippen LogP contribution in [0.25, 0.3) is 5.70 Å². The van der Waals surface area contributed by atoms with Gasteiger partial charge in [-0.3, -0.25) is 19.1 Å². The zero-order valence-electron chi connectivity index (χ0n) is 24.3. The molecule has 0 saturated carbocycles. The molecule has 3 heterocycles. The monoisotopic (exact) mass is 596 g/mol. The van der Waals surface area contributed by atoms with Gasteiger partial charge in [-0.15, -0.1) is 0 Å². The number of hydrogen-bond acceptors (Lipinski definition) is 7. The molecule has 1 aliphatic carbocycles. The van der Waals surface area contributed by atoms with Gasteiger partial charge in [0.25, 0.3) is 11.8 Å². The highest BCUT2D eigenvalue weighted by Gasteiger charge is 2.36. The Hall–Kier alpha value is -4.65. The normalized spacial score (nSPS) is 21.3. The first kappa shape index (κ1) is 31.3. The number of nitrogens with two attached hydrogens (primary N) is 2. The summed E-state index contributed by atoms with van der Waals surface area (Å²) in [6.07, 6.45) is 7.47. The average Bonchev–Trinajstić information content (AvgIpc) is 3.30. The second kappa shape index (κ2) is 12.7. The van der Waals surface area contributed by atoms with Gasteiger partial charge in [0.1, 0.15) is 17.7 Å². The summed E-state index contributed by atoms with van der Waals surface area (Å²) in [6.45, 7) is 5.45. The fourth-order valence-corrected chi connectivity index (χ4v) is 5.13. The van der Waals surface area contributed by atoms with Gasteiger partial charge in [0.15, 0.2) is 0 Å². The fraction of sp³-hybridized carbons (Fsp3) is 0.333. The Morgan fingerprint density at radius 2 is 2.00 bits per heavy atom. The zero-order valence-corrected chi connectivity index (χ0v) is 24.3. The van der Waals surface area contributed by atoms with Crippen molar-refractivity contribution >= 4 is 17.5 Å². The van der Waals surface area contributed by atoms with E-state index in [1.165, 1.54) is 6.92 Å². The molecule has 0 fully saturated rings. The number of allylic oxidation sites excluding steroid dienone is 4. The minimum atomic E-state index is -4.60. The molecule has 0 radical (unpaired) electrons. The first-order valence-corrected chi connectivity index (χ1v) is 13.7. The first-order chi connectivity index (χ1) is 20.3. The smallest absolute Gasteiger partial charge is 0.405 e. The number of halogens is 3. The topological polar surface area (TPSA) is 144 Å². The van der Waals surface area contributed by atoms with Crippen LogP contribution in [0.3, 0.4) is 0 Å². The van der Waals surface area contributed by atoms with Crippen LogP contribution in [0.15, 0.2) is 78.5 Å². The van der Waals surface area contributed by atoms with Crippen LogP contribution in [-0.2, 0) is 16.1 Å². The number of nitrogens with zero attached hydrogens (tertiary/aromatic N) is 4. The van der Waals surface area contributed by atoms with Gasteiger partial charge in [0.05, 0.1) is 17.0 Å². The number of pyridine rings is 1. The molecule has 0 bridgehead atoms. The molecule has 2 aromatic rings. The van der Waals surface area contributed by atoms with E-state index in [0.717, 1.165) is 23.9 Å². The van der Waals surface area contributed by atoms with Crippen molar-refractivity contribution in [2.24, 2.45) is 17.4 Å². The van der Waals surface area contributed by atoms with Crippen LogP contribution in [-0.4, -0.2) is 50.5 Å². The van der Waals surface area contributed by atoms with Gasteiger partial charge in [0, 0.05) is 49.7 Å². The Balaban J connectivity index is 1.54. The molecule has 0 aromatic carbocycles. The standard InChI is InChI=1S/C30H35F3N8O2/c1-17-12-21(28(42)38-18(2)13-22(9-10-34)30(31,32)33)7-8-23(17)25-26-27(35)40(4)16-24(41(26)19(3)39-25)29(43)37-15-20-6-5-11-36-14-20/h5-14,16-18,23,27H,15,34-35H2,1-4H3,(H,37,43)(H,38,42)/b10-9-,22-13+. The second-order valence-corrected chi connectivity index (χ2v) is 10.5. The number of carbonyl (C=O) groups excluding carboxylic acids is 2. The number of rotatable bonds is 8. The van der Waals surface area contributed by atoms with Gasteiger partial charge in [-0.2, -0.15) is 13.2 Å². The number of alkyl halides is 3. The molecule has 228 valence electrons. The molecular formula is C30H35F3N8O2. The van der Waals surface area contributed by atoms with Crippen molar-refractivity contribution in [2.75, 3.05) is 7.05 Å². The number of amides is 2. The number of carbonyl (C=O) groups is 2. The molecule has 0 saturated heterocycles. The molecule has 2 aromatic heterocycles. The SMILES string of the molecule is Cc1nc(C2C=CC(C(=O)NC(C)/C=C(\C=C/N)C(F)(F)F)=CC2C)c2n1C(C(=O)NCc1cccnc1)=CN(C)C2N. The third-order valence-electron chi connectivity index (χ3n) is 7.26. The van der Waals surface area contributed by atoms with E-state index < -0.39 is 29.9 Å². The number of hydrogen-bond donors (Lipinski definition) is 4. The van der Waals surface area contributed by atoms with Crippen molar-refractivity contribution in [2.45, 2.75) is 51.6 Å². The van der Waals surface area contributed by atoms with E-state index in [0.29, 0.717) is 35.0 Å². The number of nitrogens with one attached hydrogen (secondary N) is 2. The number of fused-ring (bicyclic) bond motifs is 1. The molecule has 10 nitrogen and oxygen atoms in total. The summed E-state index contributed by atoms with van der Waals surface area (Å²) in [4.78, 5) is 36.8. The Bertz CT molecular complexity index is 1520. The van der Waals surface area contributed by atoms with Gasteiger partial charge in [-0.05, 0) is 43.7 Å². The van der Waals surface area contributed by atoms with Gasteiger partial charge >= 0.3 is 6.18 Å². The quantitative estimate of drug-likeness (QED) is 0.343. The van der Waals surface area contributed by atoms with Crippen molar-refractivity contribution in [1.82, 2.24) is 30.1 Å². The first-order valence-electron chi connectivity index (χ1n) is 13.7. The maximum Gasteiger partial charge on any atom is 0.416 e. The van der Waals surface area contributed by atoms with Gasteiger partial charge in [0.2, 0.25) is 0 Å². The Labute approximate surface area is 247 Å². The molecule has 2 amide bonds. The lowest BCUT2D eigenvalue weighted by atomic mass is 9.83. The summed E-state index contributed by atoms with van der Waals surface area (Å²) in [7, 11) is 1.78. The van der Waals surface area contributed by atoms with Crippen molar-refractivity contribution in [3.63, 3.8) is 0 Å². The van der Waals surface area contributed by atoms with Crippen LogP contribution < -0.4 is 22.1 Å². The lowest BCUT2D eigenvalue weighted by Gasteiger charge is -2.33. The van der Waals surface area contributed by atoms with Gasteiger partial charge in [-0.25, -0.2) is 4.98 Å². The van der Waals surface area contributed by atoms with Crippen LogP contribution in [0.5, 0.6) is 0 Å². The highest BCUT2D eigenvalue weighted by atomic mass is 19.4. The Morgan fingerprint density at radius 1 is 1.26 bits per heavy atom. The van der Waals surface area contributed by atoms with E-state index in [-0.39, 0.29) is 17.7 Å².